The fraction of sp³-hybridized carbons (Fsp3) is 0.294. The van der Waals surface area contributed by atoms with Gasteiger partial charge in [-0.1, -0.05) is 43.3 Å². The number of rotatable bonds is 6. The molecule has 0 bridgehead atoms. The first-order chi connectivity index (χ1) is 9.69. The lowest BCUT2D eigenvalue weighted by Crippen LogP contribution is -2.29. The summed E-state index contributed by atoms with van der Waals surface area (Å²) in [6.45, 7) is 5.01. The first-order valence-electron chi connectivity index (χ1n) is 6.92. The largest absolute Gasteiger partial charge is 0.345 e. The molecule has 20 heavy (non-hydrogen) atoms. The molecule has 1 aromatic heterocycles. The summed E-state index contributed by atoms with van der Waals surface area (Å²) in [7, 11) is 0. The molecule has 0 saturated heterocycles. The van der Waals surface area contributed by atoms with Gasteiger partial charge in [0.05, 0.1) is 6.54 Å². The number of anilines is 1. The highest BCUT2D eigenvalue weighted by Gasteiger charge is 2.12. The van der Waals surface area contributed by atoms with Crippen LogP contribution in [-0.2, 0) is 11.3 Å². The van der Waals surface area contributed by atoms with E-state index in [1.165, 1.54) is 5.56 Å². The van der Waals surface area contributed by atoms with Crippen LogP contribution in [0.15, 0.2) is 48.7 Å². The Hall–Kier alpha value is -2.16. The van der Waals surface area contributed by atoms with Gasteiger partial charge < -0.3 is 4.90 Å². The van der Waals surface area contributed by atoms with Crippen molar-refractivity contribution in [1.82, 2.24) is 4.98 Å². The number of ketones is 1. The molecule has 0 aliphatic rings. The minimum atomic E-state index is 0.225. The van der Waals surface area contributed by atoms with Gasteiger partial charge in [0.1, 0.15) is 5.82 Å². The summed E-state index contributed by atoms with van der Waals surface area (Å²) in [5.74, 6) is 1.07. The minimum Gasteiger partial charge on any atom is -0.345 e. The zero-order valence-electron chi connectivity index (χ0n) is 12.0. The molecule has 0 saturated carbocycles. The number of carbonyl (C=O) groups excluding carboxylic acids is 1. The van der Waals surface area contributed by atoms with Crippen molar-refractivity contribution in [3.8, 4) is 0 Å². The number of Topliss-reactive ketones (excluding diaryl/α,β-unsaturated/α-hetero) is 1. The topological polar surface area (TPSA) is 33.2 Å². The number of carbonyl (C=O) groups is 1. The molecule has 2 rings (SSSR count). The number of hydrogen-bond donors (Lipinski definition) is 0. The molecule has 0 unspecified atom stereocenters. The van der Waals surface area contributed by atoms with Crippen molar-refractivity contribution in [3.05, 3.63) is 59.8 Å². The van der Waals surface area contributed by atoms with Crippen LogP contribution in [0, 0.1) is 6.92 Å². The third kappa shape index (κ3) is 3.92. The van der Waals surface area contributed by atoms with Crippen molar-refractivity contribution in [2.45, 2.75) is 26.8 Å². The van der Waals surface area contributed by atoms with Crippen molar-refractivity contribution >= 4 is 11.6 Å². The average molecular weight is 268 g/mol. The zero-order chi connectivity index (χ0) is 14.4. The van der Waals surface area contributed by atoms with Crippen LogP contribution >= 0.6 is 0 Å². The Labute approximate surface area is 120 Å². The molecule has 0 radical (unpaired) electrons. The Bertz CT molecular complexity index is 549. The molecule has 1 aromatic carbocycles. The van der Waals surface area contributed by atoms with E-state index in [1.807, 2.05) is 55.3 Å². The summed E-state index contributed by atoms with van der Waals surface area (Å²) in [6, 6.07) is 14.2. The molecule has 104 valence electrons. The van der Waals surface area contributed by atoms with E-state index in [0.717, 1.165) is 11.4 Å². The normalized spacial score (nSPS) is 10.3. The molecule has 0 aliphatic heterocycles. The summed E-state index contributed by atoms with van der Waals surface area (Å²) < 4.78 is 0. The highest BCUT2D eigenvalue weighted by molar-refractivity contribution is 5.82. The lowest BCUT2D eigenvalue weighted by Gasteiger charge is -2.23. The quantitative estimate of drug-likeness (QED) is 0.805. The Morgan fingerprint density at radius 1 is 1.15 bits per heavy atom. The van der Waals surface area contributed by atoms with Gasteiger partial charge in [-0.3, -0.25) is 4.79 Å². The van der Waals surface area contributed by atoms with Gasteiger partial charge in [0, 0.05) is 19.2 Å². The standard InChI is InChI=1S/C17H20N2O/c1-3-16(20)13-19(12-15-7-5-4-6-8-15)17-10-9-14(2)11-18-17/h4-11H,3,12-13H2,1-2H3. The van der Waals surface area contributed by atoms with Gasteiger partial charge in [0.15, 0.2) is 5.78 Å². The molecule has 0 fully saturated rings. The second kappa shape index (κ2) is 6.85. The number of aromatic nitrogens is 1. The smallest absolute Gasteiger partial charge is 0.151 e. The number of nitrogens with zero attached hydrogens (tertiary/aromatic N) is 2. The van der Waals surface area contributed by atoms with E-state index in [1.54, 1.807) is 0 Å². The van der Waals surface area contributed by atoms with Gasteiger partial charge in [-0.25, -0.2) is 4.98 Å². The highest BCUT2D eigenvalue weighted by Crippen LogP contribution is 2.15. The van der Waals surface area contributed by atoms with Crippen molar-refractivity contribution in [2.75, 3.05) is 11.4 Å². The molecule has 0 spiro atoms. The fourth-order valence-electron chi connectivity index (χ4n) is 1.99. The zero-order valence-corrected chi connectivity index (χ0v) is 12.0. The number of benzene rings is 1. The van der Waals surface area contributed by atoms with Crippen LogP contribution in [0.2, 0.25) is 0 Å². The van der Waals surface area contributed by atoms with E-state index in [0.29, 0.717) is 19.5 Å². The van der Waals surface area contributed by atoms with E-state index in [-0.39, 0.29) is 5.78 Å². The van der Waals surface area contributed by atoms with Gasteiger partial charge in [-0.15, -0.1) is 0 Å². The Kier molecular flexibility index (Phi) is 4.88. The van der Waals surface area contributed by atoms with Crippen LogP contribution in [0.25, 0.3) is 0 Å². The first-order valence-corrected chi connectivity index (χ1v) is 6.92. The third-order valence-corrected chi connectivity index (χ3v) is 3.20. The van der Waals surface area contributed by atoms with E-state index in [4.69, 9.17) is 0 Å². The predicted octanol–water partition coefficient (Wildman–Crippen LogP) is 3.38. The van der Waals surface area contributed by atoms with Crippen molar-refractivity contribution in [3.63, 3.8) is 0 Å². The van der Waals surface area contributed by atoms with Crippen LogP contribution in [0.1, 0.15) is 24.5 Å². The lowest BCUT2D eigenvalue weighted by molar-refractivity contribution is -0.117. The maximum atomic E-state index is 11.8. The van der Waals surface area contributed by atoms with E-state index < -0.39 is 0 Å². The monoisotopic (exact) mass is 268 g/mol. The lowest BCUT2D eigenvalue weighted by atomic mass is 10.2. The molecule has 0 aliphatic carbocycles. The maximum absolute atomic E-state index is 11.8. The van der Waals surface area contributed by atoms with Crippen LogP contribution in [-0.4, -0.2) is 17.3 Å². The molecule has 0 atom stereocenters. The molecular formula is C17H20N2O. The summed E-state index contributed by atoms with van der Waals surface area (Å²) in [5.41, 5.74) is 2.30. The molecule has 0 amide bonds. The van der Waals surface area contributed by atoms with E-state index >= 15 is 0 Å². The fourth-order valence-corrected chi connectivity index (χ4v) is 1.99. The Morgan fingerprint density at radius 2 is 1.90 bits per heavy atom. The Morgan fingerprint density at radius 3 is 2.50 bits per heavy atom. The van der Waals surface area contributed by atoms with Gasteiger partial charge in [-0.05, 0) is 24.1 Å². The highest BCUT2D eigenvalue weighted by atomic mass is 16.1. The molecule has 0 N–H and O–H groups in total. The average Bonchev–Trinajstić information content (AvgIpc) is 2.48. The predicted molar refractivity (Wildman–Crippen MR) is 81.8 cm³/mol. The second-order valence-electron chi connectivity index (χ2n) is 4.93. The Balaban J connectivity index is 2.20. The number of hydrogen-bond acceptors (Lipinski definition) is 3. The summed E-state index contributed by atoms with van der Waals surface area (Å²) in [6.07, 6.45) is 2.39. The van der Waals surface area contributed by atoms with Crippen LogP contribution in [0.5, 0.6) is 0 Å². The first kappa shape index (κ1) is 14.3. The summed E-state index contributed by atoms with van der Waals surface area (Å²) in [5, 5.41) is 0. The molecule has 3 nitrogen and oxygen atoms in total. The van der Waals surface area contributed by atoms with Gasteiger partial charge in [0.25, 0.3) is 0 Å². The molecular weight excluding hydrogens is 248 g/mol. The van der Waals surface area contributed by atoms with Crippen molar-refractivity contribution in [1.29, 1.82) is 0 Å². The summed E-state index contributed by atoms with van der Waals surface area (Å²) >= 11 is 0. The number of pyridine rings is 1. The van der Waals surface area contributed by atoms with Crippen LogP contribution in [0.3, 0.4) is 0 Å². The number of aryl methyl sites for hydroxylation is 1. The van der Waals surface area contributed by atoms with Crippen molar-refractivity contribution < 1.29 is 4.79 Å². The maximum Gasteiger partial charge on any atom is 0.151 e. The minimum absolute atomic E-state index is 0.225. The van der Waals surface area contributed by atoms with E-state index in [9.17, 15) is 4.79 Å². The van der Waals surface area contributed by atoms with Gasteiger partial charge >= 0.3 is 0 Å². The van der Waals surface area contributed by atoms with E-state index in [2.05, 4.69) is 17.1 Å². The summed E-state index contributed by atoms with van der Waals surface area (Å²) in [4.78, 5) is 18.2. The molecule has 2 aromatic rings. The third-order valence-electron chi connectivity index (χ3n) is 3.20. The van der Waals surface area contributed by atoms with Crippen LogP contribution < -0.4 is 4.90 Å². The van der Waals surface area contributed by atoms with Gasteiger partial charge in [0.2, 0.25) is 0 Å². The van der Waals surface area contributed by atoms with Gasteiger partial charge in [-0.2, -0.15) is 0 Å². The SMILES string of the molecule is CCC(=O)CN(Cc1ccccc1)c1ccc(C)cn1. The van der Waals surface area contributed by atoms with Crippen molar-refractivity contribution in [2.24, 2.45) is 0 Å². The second-order valence-corrected chi connectivity index (χ2v) is 4.93. The van der Waals surface area contributed by atoms with Crippen LogP contribution in [0.4, 0.5) is 5.82 Å². The molecule has 1 heterocycles. The molecule has 3 heteroatoms.